The predicted molar refractivity (Wildman–Crippen MR) is 96.8 cm³/mol. The Kier molecular flexibility index (Phi) is 4.09. The van der Waals surface area contributed by atoms with Gasteiger partial charge >= 0.3 is 0 Å². The number of carbonyl (C=O) groups is 2. The first kappa shape index (κ1) is 16.9. The lowest BCUT2D eigenvalue weighted by atomic mass is 9.94. The van der Waals surface area contributed by atoms with Crippen LogP contribution in [0.5, 0.6) is 5.75 Å². The van der Waals surface area contributed by atoms with Gasteiger partial charge in [-0.15, -0.1) is 0 Å². The van der Waals surface area contributed by atoms with E-state index >= 15 is 0 Å². The Morgan fingerprint density at radius 1 is 1.12 bits per heavy atom. The van der Waals surface area contributed by atoms with Crippen LogP contribution in [0, 0.1) is 5.92 Å². The van der Waals surface area contributed by atoms with Crippen molar-refractivity contribution in [1.82, 2.24) is 0 Å². The minimum atomic E-state index is -1.03. The third-order valence-electron chi connectivity index (χ3n) is 4.34. The summed E-state index contributed by atoms with van der Waals surface area (Å²) in [6, 6.07) is 11.7. The molecule has 8 heteroatoms. The molecule has 132 valence electrons. The van der Waals surface area contributed by atoms with Crippen LogP contribution in [0.4, 0.5) is 5.69 Å². The summed E-state index contributed by atoms with van der Waals surface area (Å²) < 4.78 is 5.27. The standard InChI is InChI=1S/C18H12Cl2N2O4/c1-25-13-7-6-9(19)8-12(13)22-17(23)14-15(21-26-16(14)18(22)24)10-4-2-3-5-11(10)20/h2-8,14,16H,1H3/t14-,16-/m0/s1. The average molecular weight is 391 g/mol. The Morgan fingerprint density at radius 2 is 1.88 bits per heavy atom. The van der Waals surface area contributed by atoms with Crippen molar-refractivity contribution >= 4 is 46.4 Å². The van der Waals surface area contributed by atoms with Gasteiger partial charge in [0.15, 0.2) is 0 Å². The van der Waals surface area contributed by atoms with Crippen molar-refractivity contribution in [2.45, 2.75) is 6.10 Å². The van der Waals surface area contributed by atoms with Crippen molar-refractivity contribution in [1.29, 1.82) is 0 Å². The average Bonchev–Trinajstić information content (AvgIpc) is 3.16. The molecule has 1 fully saturated rings. The summed E-state index contributed by atoms with van der Waals surface area (Å²) in [5.41, 5.74) is 1.16. The van der Waals surface area contributed by atoms with Crippen LogP contribution < -0.4 is 9.64 Å². The highest BCUT2D eigenvalue weighted by atomic mass is 35.5. The Balaban J connectivity index is 1.77. The zero-order chi connectivity index (χ0) is 18.4. The van der Waals surface area contributed by atoms with Gasteiger partial charge in [0.1, 0.15) is 17.4 Å². The van der Waals surface area contributed by atoms with Gasteiger partial charge in [0.2, 0.25) is 12.0 Å². The molecule has 0 N–H and O–H groups in total. The van der Waals surface area contributed by atoms with E-state index < -0.39 is 23.8 Å². The molecular formula is C18H12Cl2N2O4. The maximum Gasteiger partial charge on any atom is 0.279 e. The molecule has 2 aliphatic heterocycles. The molecule has 6 nitrogen and oxygen atoms in total. The molecule has 2 amide bonds. The quantitative estimate of drug-likeness (QED) is 0.754. The zero-order valence-corrected chi connectivity index (χ0v) is 15.0. The van der Waals surface area contributed by atoms with E-state index in [1.807, 2.05) is 0 Å². The molecular weight excluding hydrogens is 379 g/mol. The monoisotopic (exact) mass is 390 g/mol. The van der Waals surface area contributed by atoms with Crippen LogP contribution >= 0.6 is 23.2 Å². The largest absolute Gasteiger partial charge is 0.495 e. The molecule has 0 saturated carbocycles. The number of hydrogen-bond acceptors (Lipinski definition) is 5. The molecule has 0 aliphatic carbocycles. The number of carbonyl (C=O) groups excluding carboxylic acids is 2. The molecule has 0 spiro atoms. The Morgan fingerprint density at radius 3 is 2.62 bits per heavy atom. The van der Waals surface area contributed by atoms with E-state index in [1.165, 1.54) is 13.2 Å². The first-order chi connectivity index (χ1) is 12.5. The van der Waals surface area contributed by atoms with Crippen molar-refractivity contribution in [3.05, 3.63) is 58.1 Å². The number of amides is 2. The summed E-state index contributed by atoms with van der Waals surface area (Å²) in [6.07, 6.45) is -1.03. The summed E-state index contributed by atoms with van der Waals surface area (Å²) in [5, 5.41) is 4.75. The number of methoxy groups -OCH3 is 1. The molecule has 2 heterocycles. The van der Waals surface area contributed by atoms with Crippen LogP contribution in [-0.2, 0) is 14.4 Å². The highest BCUT2D eigenvalue weighted by molar-refractivity contribution is 6.38. The number of halogens is 2. The Bertz CT molecular complexity index is 960. The lowest BCUT2D eigenvalue weighted by Gasteiger charge is -2.18. The van der Waals surface area contributed by atoms with Crippen molar-refractivity contribution in [2.75, 3.05) is 12.0 Å². The normalized spacial score (nSPS) is 21.5. The van der Waals surface area contributed by atoms with Gasteiger partial charge in [-0.1, -0.05) is 46.6 Å². The van der Waals surface area contributed by atoms with E-state index in [2.05, 4.69) is 5.16 Å². The minimum absolute atomic E-state index is 0.270. The molecule has 1 saturated heterocycles. The van der Waals surface area contributed by atoms with Crippen LogP contribution in [0.15, 0.2) is 47.6 Å². The van der Waals surface area contributed by atoms with Gasteiger partial charge in [-0.25, -0.2) is 4.90 Å². The maximum atomic E-state index is 13.1. The number of imide groups is 1. The van der Waals surface area contributed by atoms with Crippen LogP contribution in [0.25, 0.3) is 0 Å². The number of oxime groups is 1. The molecule has 2 aromatic carbocycles. The second-order valence-corrected chi connectivity index (χ2v) is 6.63. The number of benzene rings is 2. The molecule has 2 atom stereocenters. The van der Waals surface area contributed by atoms with E-state index in [9.17, 15) is 9.59 Å². The lowest BCUT2D eigenvalue weighted by Crippen LogP contribution is -2.33. The summed E-state index contributed by atoms with van der Waals surface area (Å²) in [6.45, 7) is 0. The van der Waals surface area contributed by atoms with Gasteiger partial charge in [0.25, 0.3) is 5.91 Å². The van der Waals surface area contributed by atoms with E-state index in [4.69, 9.17) is 32.8 Å². The highest BCUT2D eigenvalue weighted by Gasteiger charge is 2.56. The number of rotatable bonds is 3. The van der Waals surface area contributed by atoms with E-state index in [1.54, 1.807) is 36.4 Å². The fraction of sp³-hybridized carbons (Fsp3) is 0.167. The van der Waals surface area contributed by atoms with Crippen molar-refractivity contribution < 1.29 is 19.2 Å². The zero-order valence-electron chi connectivity index (χ0n) is 13.5. The first-order valence-electron chi connectivity index (χ1n) is 7.73. The van der Waals surface area contributed by atoms with E-state index in [0.717, 1.165) is 4.90 Å². The van der Waals surface area contributed by atoms with Crippen molar-refractivity contribution in [2.24, 2.45) is 11.1 Å². The Hall–Kier alpha value is -2.57. The van der Waals surface area contributed by atoms with Crippen LogP contribution in [0.3, 0.4) is 0 Å². The van der Waals surface area contributed by atoms with Gasteiger partial charge in [-0.3, -0.25) is 9.59 Å². The number of nitrogens with zero attached hydrogens (tertiary/aromatic N) is 2. The summed E-state index contributed by atoms with van der Waals surface area (Å²) in [5.74, 6) is -1.50. The van der Waals surface area contributed by atoms with Gasteiger partial charge in [0.05, 0.1) is 12.8 Å². The molecule has 0 unspecified atom stereocenters. The summed E-state index contributed by atoms with van der Waals surface area (Å²) in [4.78, 5) is 32.2. The predicted octanol–water partition coefficient (Wildman–Crippen LogP) is 3.29. The highest BCUT2D eigenvalue weighted by Crippen LogP contribution is 2.40. The first-order valence-corrected chi connectivity index (χ1v) is 8.48. The van der Waals surface area contributed by atoms with Crippen LogP contribution in [0.2, 0.25) is 10.0 Å². The van der Waals surface area contributed by atoms with Crippen LogP contribution in [0.1, 0.15) is 5.56 Å². The molecule has 0 bridgehead atoms. The molecule has 26 heavy (non-hydrogen) atoms. The second kappa shape index (κ2) is 6.30. The fourth-order valence-corrected chi connectivity index (χ4v) is 3.54. The number of fused-ring (bicyclic) bond motifs is 1. The molecule has 4 rings (SSSR count). The third kappa shape index (κ3) is 2.45. The van der Waals surface area contributed by atoms with Crippen LogP contribution in [-0.4, -0.2) is 30.7 Å². The minimum Gasteiger partial charge on any atom is -0.495 e. The molecule has 2 aliphatic rings. The number of hydrogen-bond donors (Lipinski definition) is 0. The van der Waals surface area contributed by atoms with Gasteiger partial charge < -0.3 is 9.57 Å². The SMILES string of the molecule is COc1ccc(Cl)cc1N1C(=O)[C@H]2C(c3ccccc3Cl)=NO[C@@H]2C1=O. The fourth-order valence-electron chi connectivity index (χ4n) is 3.14. The topological polar surface area (TPSA) is 68.2 Å². The maximum absolute atomic E-state index is 13.1. The summed E-state index contributed by atoms with van der Waals surface area (Å²) >= 11 is 12.3. The smallest absolute Gasteiger partial charge is 0.279 e. The van der Waals surface area contributed by atoms with E-state index in [-0.39, 0.29) is 5.69 Å². The molecule has 2 aromatic rings. The Labute approximate surface area is 158 Å². The second-order valence-electron chi connectivity index (χ2n) is 5.79. The number of anilines is 1. The van der Waals surface area contributed by atoms with E-state index in [0.29, 0.717) is 27.1 Å². The van der Waals surface area contributed by atoms with Crippen molar-refractivity contribution in [3.8, 4) is 5.75 Å². The number of ether oxygens (including phenoxy) is 1. The molecule has 0 radical (unpaired) electrons. The van der Waals surface area contributed by atoms with Gasteiger partial charge in [-0.2, -0.15) is 0 Å². The van der Waals surface area contributed by atoms with Gasteiger partial charge in [0, 0.05) is 15.6 Å². The summed E-state index contributed by atoms with van der Waals surface area (Å²) in [7, 11) is 1.45. The third-order valence-corrected chi connectivity index (χ3v) is 4.91. The lowest BCUT2D eigenvalue weighted by molar-refractivity contribution is -0.126. The van der Waals surface area contributed by atoms with Crippen molar-refractivity contribution in [3.63, 3.8) is 0 Å². The molecule has 0 aromatic heterocycles. The van der Waals surface area contributed by atoms with Gasteiger partial charge in [-0.05, 0) is 24.3 Å².